The lowest BCUT2D eigenvalue weighted by atomic mass is 10.2. The summed E-state index contributed by atoms with van der Waals surface area (Å²) < 4.78 is 13.9. The van der Waals surface area contributed by atoms with E-state index in [9.17, 15) is 18.8 Å². The van der Waals surface area contributed by atoms with E-state index in [4.69, 9.17) is 9.94 Å². The predicted octanol–water partition coefficient (Wildman–Crippen LogP) is 3.58. The molecule has 1 heterocycles. The Balaban J connectivity index is 2.09. The van der Waals surface area contributed by atoms with Crippen LogP contribution in [0.5, 0.6) is 0 Å². The summed E-state index contributed by atoms with van der Waals surface area (Å²) in [5.74, 6) is -2.61. The minimum Gasteiger partial charge on any atom is -0.481 e. The second-order valence-electron chi connectivity index (χ2n) is 6.61. The van der Waals surface area contributed by atoms with Crippen LogP contribution in [0, 0.1) is 11.7 Å². The van der Waals surface area contributed by atoms with E-state index in [-0.39, 0.29) is 24.1 Å². The van der Waals surface area contributed by atoms with Crippen molar-refractivity contribution in [3.8, 4) is 0 Å². The summed E-state index contributed by atoms with van der Waals surface area (Å²) in [6, 6.07) is 5.15. The molecule has 0 saturated heterocycles. The maximum absolute atomic E-state index is 13.2. The topological polar surface area (TPSA) is 109 Å². The smallest absolute Gasteiger partial charge is 0.309 e. The molecule has 0 aliphatic rings. The summed E-state index contributed by atoms with van der Waals surface area (Å²) in [5, 5.41) is 12.7. The van der Waals surface area contributed by atoms with Crippen molar-refractivity contribution in [1.82, 2.24) is 4.98 Å². The van der Waals surface area contributed by atoms with E-state index < -0.39 is 30.0 Å². The van der Waals surface area contributed by atoms with Crippen molar-refractivity contribution in [2.24, 2.45) is 5.92 Å². The van der Waals surface area contributed by atoms with Crippen LogP contribution in [0.2, 0.25) is 0 Å². The lowest BCUT2D eigenvalue weighted by Crippen LogP contribution is -2.35. The number of thiazole rings is 1. The standard InChI is InChI=1S/C19H22FN3O5S2/c1-11(2)10-28-23(13-6-4-12(20)5-7-13)16(25)9-15(24)22-19-21-14(8-17(26)27)18(29-3)30-19/h4-7,11H,8-10H2,1-3H3,(H,26,27)(H,21,22,24). The fourth-order valence-corrected chi connectivity index (χ4v) is 3.92. The Morgan fingerprint density at radius 2 is 1.97 bits per heavy atom. The van der Waals surface area contributed by atoms with Crippen LogP contribution in [0.15, 0.2) is 28.5 Å². The summed E-state index contributed by atoms with van der Waals surface area (Å²) in [7, 11) is 0. The van der Waals surface area contributed by atoms with Gasteiger partial charge in [0.1, 0.15) is 12.2 Å². The molecule has 0 fully saturated rings. The maximum atomic E-state index is 13.2. The molecule has 2 N–H and O–H groups in total. The van der Waals surface area contributed by atoms with Crippen molar-refractivity contribution in [3.63, 3.8) is 0 Å². The molecule has 30 heavy (non-hydrogen) atoms. The molecule has 162 valence electrons. The molecular weight excluding hydrogens is 433 g/mol. The summed E-state index contributed by atoms with van der Waals surface area (Å²) >= 11 is 2.46. The van der Waals surface area contributed by atoms with Gasteiger partial charge in [-0.05, 0) is 36.4 Å². The molecule has 0 atom stereocenters. The Morgan fingerprint density at radius 3 is 2.53 bits per heavy atom. The van der Waals surface area contributed by atoms with Gasteiger partial charge < -0.3 is 10.4 Å². The van der Waals surface area contributed by atoms with E-state index >= 15 is 0 Å². The number of carboxylic acid groups (broad SMARTS) is 1. The van der Waals surface area contributed by atoms with Crippen LogP contribution in [-0.2, 0) is 25.6 Å². The third-order valence-electron chi connectivity index (χ3n) is 3.55. The van der Waals surface area contributed by atoms with E-state index in [1.165, 1.54) is 36.0 Å². The minimum absolute atomic E-state index is 0.127. The molecule has 0 bridgehead atoms. The highest BCUT2D eigenvalue weighted by atomic mass is 32.2. The van der Waals surface area contributed by atoms with Gasteiger partial charge in [-0.1, -0.05) is 25.2 Å². The summed E-state index contributed by atoms with van der Waals surface area (Å²) in [6.07, 6.45) is 0.988. The second-order valence-corrected chi connectivity index (χ2v) is 8.68. The molecule has 1 aromatic heterocycles. The van der Waals surface area contributed by atoms with Crippen molar-refractivity contribution < 1.29 is 28.7 Å². The third kappa shape index (κ3) is 7.08. The predicted molar refractivity (Wildman–Crippen MR) is 113 cm³/mol. The average molecular weight is 456 g/mol. The third-order valence-corrected chi connectivity index (χ3v) is 5.71. The van der Waals surface area contributed by atoms with Crippen LogP contribution >= 0.6 is 23.1 Å². The van der Waals surface area contributed by atoms with Gasteiger partial charge in [-0.3, -0.25) is 19.2 Å². The molecule has 0 radical (unpaired) electrons. The first-order valence-electron chi connectivity index (χ1n) is 8.96. The fraction of sp³-hybridized carbons (Fsp3) is 0.368. The number of hydrogen-bond donors (Lipinski definition) is 2. The number of amides is 2. The van der Waals surface area contributed by atoms with Gasteiger partial charge in [0.05, 0.1) is 28.6 Å². The molecule has 0 aliphatic carbocycles. The van der Waals surface area contributed by atoms with E-state index in [0.29, 0.717) is 15.6 Å². The number of hydrogen-bond acceptors (Lipinski definition) is 7. The van der Waals surface area contributed by atoms with Gasteiger partial charge in [0, 0.05) is 0 Å². The van der Waals surface area contributed by atoms with Gasteiger partial charge >= 0.3 is 5.97 Å². The first-order valence-corrected chi connectivity index (χ1v) is 11.0. The minimum atomic E-state index is -1.03. The lowest BCUT2D eigenvalue weighted by Gasteiger charge is -2.22. The number of thioether (sulfide) groups is 1. The summed E-state index contributed by atoms with van der Waals surface area (Å²) in [4.78, 5) is 45.6. The Bertz CT molecular complexity index is 902. The van der Waals surface area contributed by atoms with Crippen LogP contribution in [0.25, 0.3) is 0 Å². The maximum Gasteiger partial charge on any atom is 0.309 e. The van der Waals surface area contributed by atoms with E-state index in [1.807, 2.05) is 13.8 Å². The number of aliphatic carboxylic acids is 1. The molecule has 8 nitrogen and oxygen atoms in total. The highest BCUT2D eigenvalue weighted by Gasteiger charge is 2.22. The van der Waals surface area contributed by atoms with Crippen LogP contribution in [0.3, 0.4) is 0 Å². The molecular formula is C19H22FN3O5S2. The zero-order valence-electron chi connectivity index (χ0n) is 16.7. The molecule has 0 unspecified atom stereocenters. The van der Waals surface area contributed by atoms with Gasteiger partial charge in [-0.25, -0.2) is 9.37 Å². The van der Waals surface area contributed by atoms with E-state index in [2.05, 4.69) is 10.3 Å². The lowest BCUT2D eigenvalue weighted by molar-refractivity contribution is -0.136. The Labute approximate surface area is 181 Å². The largest absolute Gasteiger partial charge is 0.481 e. The number of anilines is 2. The number of carbonyl (C=O) groups excluding carboxylic acids is 2. The van der Waals surface area contributed by atoms with Crippen LogP contribution < -0.4 is 10.4 Å². The van der Waals surface area contributed by atoms with Crippen LogP contribution in [-0.4, -0.2) is 40.7 Å². The first-order chi connectivity index (χ1) is 14.2. The van der Waals surface area contributed by atoms with Gasteiger partial charge in [0.25, 0.3) is 5.91 Å². The molecule has 11 heteroatoms. The quantitative estimate of drug-likeness (QED) is 0.320. The zero-order chi connectivity index (χ0) is 22.3. The Morgan fingerprint density at radius 1 is 1.30 bits per heavy atom. The average Bonchev–Trinajstić information content (AvgIpc) is 3.03. The fourth-order valence-electron chi connectivity index (χ4n) is 2.27. The molecule has 2 amide bonds. The number of halogens is 1. The molecule has 1 aromatic carbocycles. The summed E-state index contributed by atoms with van der Waals surface area (Å²) in [6.45, 7) is 4.04. The van der Waals surface area contributed by atoms with E-state index in [0.717, 1.165) is 16.4 Å². The molecule has 0 saturated carbocycles. The van der Waals surface area contributed by atoms with E-state index in [1.54, 1.807) is 6.26 Å². The Hall–Kier alpha value is -2.50. The van der Waals surface area contributed by atoms with Crippen molar-refractivity contribution in [2.75, 3.05) is 23.2 Å². The normalized spacial score (nSPS) is 10.8. The highest BCUT2D eigenvalue weighted by molar-refractivity contribution is 8.00. The van der Waals surface area contributed by atoms with Crippen molar-refractivity contribution in [3.05, 3.63) is 35.8 Å². The number of aromatic nitrogens is 1. The number of nitrogens with zero attached hydrogens (tertiary/aromatic N) is 2. The number of nitrogens with one attached hydrogen (secondary N) is 1. The molecule has 0 spiro atoms. The number of benzene rings is 1. The number of hydroxylamine groups is 1. The van der Waals surface area contributed by atoms with Crippen molar-refractivity contribution >= 4 is 51.7 Å². The number of rotatable bonds is 10. The SMILES string of the molecule is CSc1sc(NC(=O)CC(=O)N(OCC(C)C)c2ccc(F)cc2)nc1CC(=O)O. The number of carboxylic acids is 1. The molecule has 2 aromatic rings. The number of carbonyl (C=O) groups is 3. The van der Waals surface area contributed by atoms with Crippen molar-refractivity contribution in [1.29, 1.82) is 0 Å². The van der Waals surface area contributed by atoms with Crippen LogP contribution in [0.4, 0.5) is 15.2 Å². The Kier molecular flexibility index (Phi) is 8.75. The van der Waals surface area contributed by atoms with Gasteiger partial charge in [-0.2, -0.15) is 5.06 Å². The van der Waals surface area contributed by atoms with Gasteiger partial charge in [0.15, 0.2) is 5.13 Å². The second kappa shape index (κ2) is 11.0. The van der Waals surface area contributed by atoms with Gasteiger partial charge in [-0.15, -0.1) is 11.8 Å². The molecule has 2 rings (SSSR count). The first kappa shape index (κ1) is 23.8. The monoisotopic (exact) mass is 455 g/mol. The zero-order valence-corrected chi connectivity index (χ0v) is 18.3. The summed E-state index contributed by atoms with van der Waals surface area (Å²) in [5.41, 5.74) is 0.660. The molecule has 0 aliphatic heterocycles. The van der Waals surface area contributed by atoms with Crippen molar-refractivity contribution in [2.45, 2.75) is 30.9 Å². The van der Waals surface area contributed by atoms with Gasteiger partial charge in [0.2, 0.25) is 5.91 Å². The highest BCUT2D eigenvalue weighted by Crippen LogP contribution is 2.31. The van der Waals surface area contributed by atoms with Crippen LogP contribution in [0.1, 0.15) is 26.0 Å².